The Morgan fingerprint density at radius 1 is 1.00 bits per heavy atom. The van der Waals surface area contributed by atoms with Crippen LogP contribution < -0.4 is 5.32 Å². The SMILES string of the molecule is CN(C)C(=O)Sc1ccc(NC(=O)CCCCc2ccc(Br)cc2)cc1. The first kappa shape index (κ1) is 20.5. The number of unbranched alkanes of at least 4 members (excludes halogenated alkanes) is 1. The molecule has 26 heavy (non-hydrogen) atoms. The molecular formula is C20H23BrN2O2S. The van der Waals surface area contributed by atoms with Gasteiger partial charge < -0.3 is 10.2 Å². The second kappa shape index (κ2) is 10.4. The van der Waals surface area contributed by atoms with Gasteiger partial charge in [0.15, 0.2) is 0 Å². The number of aryl methyl sites for hydroxylation is 1. The quantitative estimate of drug-likeness (QED) is 0.457. The van der Waals surface area contributed by atoms with Gasteiger partial charge >= 0.3 is 0 Å². The molecule has 0 spiro atoms. The van der Waals surface area contributed by atoms with Gasteiger partial charge in [0.05, 0.1) is 0 Å². The van der Waals surface area contributed by atoms with Crippen molar-refractivity contribution in [3.63, 3.8) is 0 Å². The molecule has 138 valence electrons. The van der Waals surface area contributed by atoms with Gasteiger partial charge in [-0.2, -0.15) is 0 Å². The fraction of sp³-hybridized carbons (Fsp3) is 0.300. The number of hydrogen-bond donors (Lipinski definition) is 1. The van der Waals surface area contributed by atoms with Crippen LogP contribution in [0.1, 0.15) is 24.8 Å². The number of nitrogens with one attached hydrogen (secondary N) is 1. The number of nitrogens with zero attached hydrogens (tertiary/aromatic N) is 1. The van der Waals surface area contributed by atoms with Crippen LogP contribution >= 0.6 is 27.7 Å². The molecule has 0 bridgehead atoms. The molecule has 0 heterocycles. The lowest BCUT2D eigenvalue weighted by Crippen LogP contribution is -2.16. The van der Waals surface area contributed by atoms with Crippen LogP contribution in [0.25, 0.3) is 0 Å². The number of benzene rings is 2. The van der Waals surface area contributed by atoms with E-state index in [4.69, 9.17) is 0 Å². The Hall–Kier alpha value is -1.79. The van der Waals surface area contributed by atoms with Crippen molar-refractivity contribution in [2.45, 2.75) is 30.6 Å². The number of thioether (sulfide) groups is 1. The zero-order valence-corrected chi connectivity index (χ0v) is 17.4. The summed E-state index contributed by atoms with van der Waals surface area (Å²) in [6, 6.07) is 15.6. The van der Waals surface area contributed by atoms with Crippen LogP contribution in [0.3, 0.4) is 0 Å². The van der Waals surface area contributed by atoms with Crippen molar-refractivity contribution in [2.24, 2.45) is 0 Å². The summed E-state index contributed by atoms with van der Waals surface area (Å²) in [6.07, 6.45) is 3.32. The Balaban J connectivity index is 1.70. The van der Waals surface area contributed by atoms with E-state index >= 15 is 0 Å². The largest absolute Gasteiger partial charge is 0.339 e. The van der Waals surface area contributed by atoms with Crippen LogP contribution in [0.4, 0.5) is 10.5 Å². The smallest absolute Gasteiger partial charge is 0.285 e. The molecule has 2 aromatic rings. The maximum atomic E-state index is 12.0. The van der Waals surface area contributed by atoms with Crippen molar-refractivity contribution in [1.29, 1.82) is 0 Å². The molecule has 2 amide bonds. The van der Waals surface area contributed by atoms with Gasteiger partial charge in [0.25, 0.3) is 5.24 Å². The number of carbonyl (C=O) groups is 2. The van der Waals surface area contributed by atoms with Gasteiger partial charge in [-0.3, -0.25) is 9.59 Å². The first-order valence-electron chi connectivity index (χ1n) is 8.47. The standard InChI is InChI=1S/C20H23BrN2O2S/c1-23(2)20(25)26-18-13-11-17(12-14-18)22-19(24)6-4-3-5-15-7-9-16(21)10-8-15/h7-14H,3-6H2,1-2H3,(H,22,24). The van der Waals surface area contributed by atoms with Crippen LogP contribution in [0, 0.1) is 0 Å². The van der Waals surface area contributed by atoms with Crippen LogP contribution in [0.5, 0.6) is 0 Å². The van der Waals surface area contributed by atoms with Crippen LogP contribution in [0.15, 0.2) is 57.9 Å². The first-order valence-corrected chi connectivity index (χ1v) is 10.1. The van der Waals surface area contributed by atoms with Gasteiger partial charge in [-0.25, -0.2) is 0 Å². The van der Waals surface area contributed by atoms with Gasteiger partial charge in [0.2, 0.25) is 5.91 Å². The molecule has 0 atom stereocenters. The summed E-state index contributed by atoms with van der Waals surface area (Å²) in [5, 5.41) is 2.88. The number of amides is 2. The Kier molecular flexibility index (Phi) is 8.19. The molecule has 0 aliphatic rings. The lowest BCUT2D eigenvalue weighted by atomic mass is 10.1. The average molecular weight is 435 g/mol. The number of hydrogen-bond acceptors (Lipinski definition) is 3. The summed E-state index contributed by atoms with van der Waals surface area (Å²) in [7, 11) is 3.45. The molecule has 0 aliphatic carbocycles. The molecule has 0 aromatic heterocycles. The zero-order chi connectivity index (χ0) is 18.9. The highest BCUT2D eigenvalue weighted by Gasteiger charge is 2.07. The summed E-state index contributed by atoms with van der Waals surface area (Å²) in [4.78, 5) is 26.1. The lowest BCUT2D eigenvalue weighted by molar-refractivity contribution is -0.116. The van der Waals surface area contributed by atoms with E-state index in [0.29, 0.717) is 6.42 Å². The van der Waals surface area contributed by atoms with Crippen molar-refractivity contribution < 1.29 is 9.59 Å². The van der Waals surface area contributed by atoms with E-state index in [1.165, 1.54) is 22.2 Å². The summed E-state index contributed by atoms with van der Waals surface area (Å²) in [5.74, 6) is 0.0191. The number of rotatable bonds is 7. The zero-order valence-electron chi connectivity index (χ0n) is 15.0. The van der Waals surface area contributed by atoms with Crippen molar-refractivity contribution in [3.05, 3.63) is 58.6 Å². The van der Waals surface area contributed by atoms with Crippen molar-refractivity contribution in [1.82, 2.24) is 4.90 Å². The van der Waals surface area contributed by atoms with Gasteiger partial charge in [0, 0.05) is 35.6 Å². The van der Waals surface area contributed by atoms with Gasteiger partial charge in [0.1, 0.15) is 0 Å². The minimum atomic E-state index is -0.0208. The molecule has 1 N–H and O–H groups in total. The minimum absolute atomic E-state index is 0.0191. The molecule has 4 nitrogen and oxygen atoms in total. The fourth-order valence-electron chi connectivity index (χ4n) is 2.29. The van der Waals surface area contributed by atoms with Gasteiger partial charge in [-0.15, -0.1) is 0 Å². The first-order chi connectivity index (χ1) is 12.4. The molecule has 0 fully saturated rings. The molecule has 2 aromatic carbocycles. The number of halogens is 1. The molecular weight excluding hydrogens is 412 g/mol. The molecule has 2 rings (SSSR count). The van der Waals surface area contributed by atoms with Crippen LogP contribution in [-0.2, 0) is 11.2 Å². The van der Waals surface area contributed by atoms with E-state index < -0.39 is 0 Å². The summed E-state index contributed by atoms with van der Waals surface area (Å²) in [5.41, 5.74) is 2.04. The Morgan fingerprint density at radius 3 is 2.27 bits per heavy atom. The van der Waals surface area contributed by atoms with E-state index in [1.807, 2.05) is 36.4 Å². The van der Waals surface area contributed by atoms with E-state index in [9.17, 15) is 9.59 Å². The minimum Gasteiger partial charge on any atom is -0.339 e. The monoisotopic (exact) mass is 434 g/mol. The third-order valence-corrected chi connectivity index (χ3v) is 5.32. The molecule has 0 aliphatic heterocycles. The van der Waals surface area contributed by atoms with E-state index in [-0.39, 0.29) is 11.1 Å². The predicted molar refractivity (Wildman–Crippen MR) is 112 cm³/mol. The molecule has 0 saturated carbocycles. The molecule has 0 unspecified atom stereocenters. The second-order valence-corrected chi connectivity index (χ2v) is 8.11. The molecule has 6 heteroatoms. The lowest BCUT2D eigenvalue weighted by Gasteiger charge is -2.10. The van der Waals surface area contributed by atoms with Gasteiger partial charge in [-0.1, -0.05) is 28.1 Å². The Bertz CT molecular complexity index is 730. The van der Waals surface area contributed by atoms with Crippen LogP contribution in [-0.4, -0.2) is 30.1 Å². The maximum Gasteiger partial charge on any atom is 0.285 e. The normalized spacial score (nSPS) is 10.4. The Labute approximate surface area is 167 Å². The summed E-state index contributed by atoms with van der Waals surface area (Å²) < 4.78 is 1.08. The molecule has 0 radical (unpaired) electrons. The maximum absolute atomic E-state index is 12.0. The average Bonchev–Trinajstić information content (AvgIpc) is 2.62. The summed E-state index contributed by atoms with van der Waals surface area (Å²) in [6.45, 7) is 0. The highest BCUT2D eigenvalue weighted by Crippen LogP contribution is 2.22. The van der Waals surface area contributed by atoms with Crippen molar-refractivity contribution >= 4 is 44.5 Å². The number of anilines is 1. The van der Waals surface area contributed by atoms with E-state index in [1.54, 1.807) is 14.1 Å². The number of carbonyl (C=O) groups excluding carboxylic acids is 2. The predicted octanol–water partition coefficient (Wildman–Crippen LogP) is 5.57. The van der Waals surface area contributed by atoms with Gasteiger partial charge in [-0.05, 0) is 73.0 Å². The summed E-state index contributed by atoms with van der Waals surface area (Å²) >= 11 is 4.59. The molecule has 0 saturated heterocycles. The Morgan fingerprint density at radius 2 is 1.65 bits per heavy atom. The highest BCUT2D eigenvalue weighted by atomic mass is 79.9. The third-order valence-electron chi connectivity index (χ3n) is 3.74. The van der Waals surface area contributed by atoms with Crippen molar-refractivity contribution in [3.8, 4) is 0 Å². The van der Waals surface area contributed by atoms with E-state index in [2.05, 4.69) is 33.4 Å². The van der Waals surface area contributed by atoms with Crippen molar-refractivity contribution in [2.75, 3.05) is 19.4 Å². The highest BCUT2D eigenvalue weighted by molar-refractivity contribution is 9.10. The third kappa shape index (κ3) is 7.22. The van der Waals surface area contributed by atoms with E-state index in [0.717, 1.165) is 34.3 Å². The fourth-order valence-corrected chi connectivity index (χ4v) is 3.21. The topological polar surface area (TPSA) is 49.4 Å². The van der Waals surface area contributed by atoms with Crippen LogP contribution in [0.2, 0.25) is 0 Å². The second-order valence-electron chi connectivity index (χ2n) is 6.17.